The molecule has 2 heterocycles. The molecule has 2 aromatic carbocycles. The summed E-state index contributed by atoms with van der Waals surface area (Å²) in [5.74, 6) is 0.833. The first kappa shape index (κ1) is 22.3. The van der Waals surface area contributed by atoms with Crippen LogP contribution in [0, 0.1) is 0 Å². The summed E-state index contributed by atoms with van der Waals surface area (Å²) in [6.45, 7) is 1.86. The number of methoxy groups -OCH3 is 2. The maximum atomic E-state index is 12.9. The van der Waals surface area contributed by atoms with E-state index in [0.29, 0.717) is 54.1 Å². The lowest BCUT2D eigenvalue weighted by Crippen LogP contribution is -2.50. The molecule has 10 nitrogen and oxygen atoms in total. The molecular formula is C23H25N5O5. The Morgan fingerprint density at radius 2 is 1.64 bits per heavy atom. The molecule has 0 atom stereocenters. The fraction of sp³-hybridized carbons (Fsp3) is 0.348. The number of piperazine rings is 1. The number of carbonyl (C=O) groups is 2. The van der Waals surface area contributed by atoms with Gasteiger partial charge in [-0.15, -0.1) is 5.10 Å². The van der Waals surface area contributed by atoms with Gasteiger partial charge in [0.1, 0.15) is 5.52 Å². The van der Waals surface area contributed by atoms with Crippen LogP contribution in [0.3, 0.4) is 0 Å². The van der Waals surface area contributed by atoms with Crippen LogP contribution in [0.15, 0.2) is 47.3 Å². The predicted octanol–water partition coefficient (Wildman–Crippen LogP) is 1.18. The standard InChI is InChI=1S/C23H25N5O5/c1-32-19-8-7-16(15-20(19)33-2)22(30)27-13-11-26(12-14-27)21(29)9-10-28-23(31)17-5-3-4-6-18(17)24-25-28/h3-8,15H,9-14H2,1-2H3. The van der Waals surface area contributed by atoms with Gasteiger partial charge in [0.2, 0.25) is 5.91 Å². The van der Waals surface area contributed by atoms with E-state index < -0.39 is 0 Å². The summed E-state index contributed by atoms with van der Waals surface area (Å²) in [4.78, 5) is 41.5. The van der Waals surface area contributed by atoms with Gasteiger partial charge in [-0.1, -0.05) is 17.3 Å². The van der Waals surface area contributed by atoms with Crippen molar-refractivity contribution >= 4 is 22.7 Å². The third-order valence-electron chi connectivity index (χ3n) is 5.72. The topological polar surface area (TPSA) is 107 Å². The molecule has 0 radical (unpaired) electrons. The summed E-state index contributed by atoms with van der Waals surface area (Å²) in [5, 5.41) is 8.45. The van der Waals surface area contributed by atoms with E-state index in [-0.39, 0.29) is 30.3 Å². The van der Waals surface area contributed by atoms with Crippen LogP contribution in [0.1, 0.15) is 16.8 Å². The summed E-state index contributed by atoms with van der Waals surface area (Å²) in [6.07, 6.45) is 0.135. The van der Waals surface area contributed by atoms with E-state index in [1.165, 1.54) is 11.8 Å². The monoisotopic (exact) mass is 451 g/mol. The van der Waals surface area contributed by atoms with Gasteiger partial charge in [0.15, 0.2) is 11.5 Å². The first-order valence-electron chi connectivity index (χ1n) is 10.6. The molecule has 1 saturated heterocycles. The van der Waals surface area contributed by atoms with Crippen molar-refractivity contribution in [2.24, 2.45) is 0 Å². The molecule has 4 rings (SSSR count). The molecule has 0 saturated carbocycles. The Balaban J connectivity index is 1.33. The van der Waals surface area contributed by atoms with Crippen molar-refractivity contribution in [2.75, 3.05) is 40.4 Å². The van der Waals surface area contributed by atoms with Gasteiger partial charge in [0, 0.05) is 38.2 Å². The number of hydrogen-bond acceptors (Lipinski definition) is 7. The summed E-state index contributed by atoms with van der Waals surface area (Å²) in [5.41, 5.74) is 0.765. The lowest BCUT2D eigenvalue weighted by atomic mass is 10.1. The van der Waals surface area contributed by atoms with E-state index in [1.807, 2.05) is 0 Å². The molecule has 0 unspecified atom stereocenters. The van der Waals surface area contributed by atoms with Gasteiger partial charge in [0.25, 0.3) is 11.5 Å². The average molecular weight is 451 g/mol. The second-order valence-electron chi connectivity index (χ2n) is 7.63. The van der Waals surface area contributed by atoms with Crippen LogP contribution < -0.4 is 15.0 Å². The molecule has 1 aromatic heterocycles. The molecule has 0 N–H and O–H groups in total. The molecule has 172 valence electrons. The van der Waals surface area contributed by atoms with Crippen LogP contribution >= 0.6 is 0 Å². The van der Waals surface area contributed by atoms with Crippen molar-refractivity contribution in [3.8, 4) is 11.5 Å². The molecule has 1 aliphatic rings. The fourth-order valence-corrected chi connectivity index (χ4v) is 3.84. The highest BCUT2D eigenvalue weighted by Crippen LogP contribution is 2.28. The number of fused-ring (bicyclic) bond motifs is 1. The van der Waals surface area contributed by atoms with Crippen LogP contribution in [0.4, 0.5) is 0 Å². The van der Waals surface area contributed by atoms with Crippen LogP contribution in [0.25, 0.3) is 10.9 Å². The second kappa shape index (κ2) is 9.68. The van der Waals surface area contributed by atoms with E-state index >= 15 is 0 Å². The normalized spacial score (nSPS) is 13.8. The van der Waals surface area contributed by atoms with Crippen molar-refractivity contribution in [2.45, 2.75) is 13.0 Å². The van der Waals surface area contributed by atoms with E-state index in [0.717, 1.165) is 0 Å². The Morgan fingerprint density at radius 3 is 2.36 bits per heavy atom. The van der Waals surface area contributed by atoms with Crippen LogP contribution in [-0.4, -0.2) is 77.0 Å². The number of nitrogens with zero attached hydrogens (tertiary/aromatic N) is 5. The number of rotatable bonds is 6. The Morgan fingerprint density at radius 1 is 0.939 bits per heavy atom. The van der Waals surface area contributed by atoms with Crippen LogP contribution in [0.5, 0.6) is 11.5 Å². The summed E-state index contributed by atoms with van der Waals surface area (Å²) in [6, 6.07) is 12.0. The molecule has 1 aliphatic heterocycles. The van der Waals surface area contributed by atoms with Gasteiger partial charge in [-0.05, 0) is 30.3 Å². The maximum Gasteiger partial charge on any atom is 0.277 e. The first-order valence-corrected chi connectivity index (χ1v) is 10.6. The highest BCUT2D eigenvalue weighted by Gasteiger charge is 2.25. The molecule has 3 aromatic rings. The maximum absolute atomic E-state index is 12.9. The van der Waals surface area contributed by atoms with E-state index in [4.69, 9.17) is 9.47 Å². The Kier molecular flexibility index (Phi) is 6.53. The van der Waals surface area contributed by atoms with E-state index in [1.54, 1.807) is 59.4 Å². The minimum absolute atomic E-state index is 0.0879. The predicted molar refractivity (Wildman–Crippen MR) is 120 cm³/mol. The molecule has 2 amide bonds. The number of aryl methyl sites for hydroxylation is 1. The lowest BCUT2D eigenvalue weighted by Gasteiger charge is -2.35. The molecule has 10 heteroatoms. The smallest absolute Gasteiger partial charge is 0.277 e. The number of ether oxygens (including phenoxy) is 2. The third-order valence-corrected chi connectivity index (χ3v) is 5.72. The fourth-order valence-electron chi connectivity index (χ4n) is 3.84. The van der Waals surface area contributed by atoms with Gasteiger partial charge < -0.3 is 19.3 Å². The molecule has 0 aliphatic carbocycles. The van der Waals surface area contributed by atoms with E-state index in [2.05, 4.69) is 10.3 Å². The van der Waals surface area contributed by atoms with Gasteiger partial charge >= 0.3 is 0 Å². The van der Waals surface area contributed by atoms with Crippen molar-refractivity contribution in [1.82, 2.24) is 24.8 Å². The number of aromatic nitrogens is 3. The number of amides is 2. The van der Waals surface area contributed by atoms with Crippen molar-refractivity contribution in [3.05, 3.63) is 58.4 Å². The third kappa shape index (κ3) is 4.64. The largest absolute Gasteiger partial charge is 0.493 e. The quantitative estimate of drug-likeness (QED) is 0.554. The van der Waals surface area contributed by atoms with Crippen molar-refractivity contribution in [3.63, 3.8) is 0 Å². The first-order chi connectivity index (χ1) is 16.0. The SMILES string of the molecule is COc1ccc(C(=O)N2CCN(C(=O)CCn3nnc4ccccc4c3=O)CC2)cc1OC. The summed E-state index contributed by atoms with van der Waals surface area (Å²) < 4.78 is 11.7. The van der Waals surface area contributed by atoms with Gasteiger partial charge in [-0.25, -0.2) is 4.68 Å². The van der Waals surface area contributed by atoms with Gasteiger partial charge in [0.05, 0.1) is 26.2 Å². The number of benzene rings is 2. The minimum Gasteiger partial charge on any atom is -0.493 e. The second-order valence-corrected chi connectivity index (χ2v) is 7.63. The summed E-state index contributed by atoms with van der Waals surface area (Å²) >= 11 is 0. The van der Waals surface area contributed by atoms with Crippen molar-refractivity contribution in [1.29, 1.82) is 0 Å². The van der Waals surface area contributed by atoms with E-state index in [9.17, 15) is 14.4 Å². The average Bonchev–Trinajstić information content (AvgIpc) is 2.87. The molecule has 0 spiro atoms. The molecular weight excluding hydrogens is 426 g/mol. The zero-order valence-corrected chi connectivity index (χ0v) is 18.6. The van der Waals surface area contributed by atoms with Gasteiger partial charge in [-0.3, -0.25) is 14.4 Å². The Hall–Kier alpha value is -3.95. The molecule has 0 bridgehead atoms. The number of hydrogen-bond donors (Lipinski definition) is 0. The van der Waals surface area contributed by atoms with Crippen molar-refractivity contribution < 1.29 is 19.1 Å². The molecule has 33 heavy (non-hydrogen) atoms. The minimum atomic E-state index is -0.265. The lowest BCUT2D eigenvalue weighted by molar-refractivity contribution is -0.133. The van der Waals surface area contributed by atoms with Crippen LogP contribution in [-0.2, 0) is 11.3 Å². The Labute approximate surface area is 190 Å². The van der Waals surface area contributed by atoms with Crippen LogP contribution in [0.2, 0.25) is 0 Å². The summed E-state index contributed by atoms with van der Waals surface area (Å²) in [7, 11) is 3.06. The van der Waals surface area contributed by atoms with Gasteiger partial charge in [-0.2, -0.15) is 0 Å². The Bertz CT molecular complexity index is 1230. The molecule has 1 fully saturated rings. The number of carbonyl (C=O) groups excluding carboxylic acids is 2. The zero-order valence-electron chi connectivity index (χ0n) is 18.6. The highest BCUT2D eigenvalue weighted by molar-refractivity contribution is 5.95. The highest BCUT2D eigenvalue weighted by atomic mass is 16.5. The zero-order chi connectivity index (χ0) is 23.4.